The lowest BCUT2D eigenvalue weighted by Gasteiger charge is -2.42. The number of hydrogen-bond acceptors (Lipinski definition) is 7. The smallest absolute Gasteiger partial charge is 0.326 e. The Morgan fingerprint density at radius 2 is 1.62 bits per heavy atom. The summed E-state index contributed by atoms with van der Waals surface area (Å²) in [6.45, 7) is 7.14. The van der Waals surface area contributed by atoms with Crippen LogP contribution < -0.4 is 10.4 Å². The van der Waals surface area contributed by atoms with Crippen molar-refractivity contribution >= 4 is 30.6 Å². The van der Waals surface area contributed by atoms with Crippen LogP contribution in [-0.2, 0) is 23.5 Å². The summed E-state index contributed by atoms with van der Waals surface area (Å²) in [5, 5.41) is 12.8. The fraction of sp³-hybridized carbons (Fsp3) is 0.600. The highest BCUT2D eigenvalue weighted by Gasteiger charge is 2.57. The quantitative estimate of drug-likeness (QED) is 0.117. The Balaban J connectivity index is 2.13. The van der Waals surface area contributed by atoms with Gasteiger partial charge in [0, 0.05) is 12.8 Å². The Kier molecular flexibility index (Phi) is 14.6. The number of esters is 2. The number of likely N-dealkylation sites (tertiary alicyclic amines) is 1. The molecule has 0 aromatic heterocycles. The van der Waals surface area contributed by atoms with Crippen molar-refractivity contribution in [3.05, 3.63) is 60.7 Å². The number of nitrogens with zero attached hydrogens (tertiary/aromatic N) is 1. The van der Waals surface area contributed by atoms with Gasteiger partial charge in [-0.15, -0.1) is 0 Å². The number of carbonyl (C=O) groups is 2. The maximum Gasteiger partial charge on any atom is 0.326 e. The Hall–Kier alpha value is -2.66. The van der Waals surface area contributed by atoms with Crippen molar-refractivity contribution in [2.45, 2.75) is 122 Å². The second-order valence-corrected chi connectivity index (χ2v) is 15.7. The van der Waals surface area contributed by atoms with Crippen molar-refractivity contribution in [1.82, 2.24) is 4.90 Å². The average molecular weight is 648 g/mol. The van der Waals surface area contributed by atoms with Crippen molar-refractivity contribution < 1.29 is 37.4 Å². The fourth-order valence-electron chi connectivity index (χ4n) is 6.11. The molecule has 5 unspecified atom stereocenters. The van der Waals surface area contributed by atoms with Crippen LogP contribution in [0.5, 0.6) is 0 Å². The number of halogens is 2. The lowest BCUT2D eigenvalue weighted by molar-refractivity contribution is -0.173. The maximum absolute atomic E-state index is 14.6. The van der Waals surface area contributed by atoms with E-state index in [9.17, 15) is 23.5 Å². The predicted molar refractivity (Wildman–Crippen MR) is 174 cm³/mol. The van der Waals surface area contributed by atoms with E-state index in [0.29, 0.717) is 25.3 Å². The summed E-state index contributed by atoms with van der Waals surface area (Å²) in [6, 6.07) is 18.8. The Labute approximate surface area is 268 Å². The van der Waals surface area contributed by atoms with Gasteiger partial charge in [0.05, 0.1) is 25.6 Å². The number of carbonyl (C=O) groups excluding carboxylic acids is 2. The fourth-order valence-corrected chi connectivity index (χ4v) is 10.1. The van der Waals surface area contributed by atoms with Crippen LogP contribution in [0.15, 0.2) is 60.7 Å². The summed E-state index contributed by atoms with van der Waals surface area (Å²) in [6.07, 6.45) is -0.590. The molecular weight excluding hydrogens is 596 g/mol. The summed E-state index contributed by atoms with van der Waals surface area (Å²) in [7, 11) is -3.19. The van der Waals surface area contributed by atoms with Crippen molar-refractivity contribution in [3.8, 4) is 0 Å². The first-order valence-corrected chi connectivity index (χ1v) is 18.6. The first-order valence-electron chi connectivity index (χ1n) is 16.5. The highest BCUT2D eigenvalue weighted by atomic mass is 28.4. The molecule has 0 spiro atoms. The number of hydrogen-bond donors (Lipinski definition) is 1. The minimum Gasteiger partial charge on any atom is -0.464 e. The van der Waals surface area contributed by atoms with Gasteiger partial charge >= 0.3 is 11.9 Å². The number of ether oxygens (including phenoxy) is 2. The molecular formula is C35H51F2NO6Si. The van der Waals surface area contributed by atoms with E-state index in [0.717, 1.165) is 16.8 Å². The van der Waals surface area contributed by atoms with Gasteiger partial charge in [0.2, 0.25) is 6.36 Å². The van der Waals surface area contributed by atoms with Crippen molar-refractivity contribution in [2.24, 2.45) is 0 Å². The molecule has 45 heavy (non-hydrogen) atoms. The van der Waals surface area contributed by atoms with Crippen LogP contribution in [0.25, 0.3) is 0 Å². The molecule has 1 saturated heterocycles. The number of rotatable bonds is 19. The van der Waals surface area contributed by atoms with Gasteiger partial charge in [-0.25, -0.2) is 8.78 Å². The normalized spacial score (nSPS) is 20.8. The van der Waals surface area contributed by atoms with E-state index in [1.807, 2.05) is 74.5 Å². The van der Waals surface area contributed by atoms with Crippen LogP contribution >= 0.6 is 0 Å². The predicted octanol–water partition coefficient (Wildman–Crippen LogP) is 5.81. The summed E-state index contributed by atoms with van der Waals surface area (Å²) in [5.74, 6) is -1.32. The van der Waals surface area contributed by atoms with Gasteiger partial charge in [0.1, 0.15) is 11.6 Å². The van der Waals surface area contributed by atoms with E-state index in [4.69, 9.17) is 13.9 Å². The zero-order valence-corrected chi connectivity index (χ0v) is 28.3. The molecule has 2 aromatic carbocycles. The van der Waals surface area contributed by atoms with Gasteiger partial charge in [0.15, 0.2) is 0 Å². The number of benzene rings is 2. The Morgan fingerprint density at radius 1 is 1.00 bits per heavy atom. The zero-order chi connectivity index (χ0) is 32.9. The van der Waals surface area contributed by atoms with E-state index < -0.39 is 50.5 Å². The standard InChI is InChI=1S/C35H51F2NO6Si/c1-5-8-23-42-34(41)35(25-28(39)7-3)22-20-31(33(40)44-32(37)15-6-2)38(35)26-43-45(24-21-27(4)36,29-16-11-9-12-17-29)30-18-13-10-14-19-30/h9-14,16-19,27-28,31-32,39H,5-8,15,20-26H2,1-4H3. The van der Waals surface area contributed by atoms with Crippen molar-refractivity contribution in [1.29, 1.82) is 0 Å². The molecule has 0 saturated carbocycles. The van der Waals surface area contributed by atoms with Crippen LogP contribution in [0.2, 0.25) is 6.04 Å². The molecule has 1 N–H and O–H groups in total. The van der Waals surface area contributed by atoms with Crippen molar-refractivity contribution in [3.63, 3.8) is 0 Å². The molecule has 1 fully saturated rings. The molecule has 0 aliphatic carbocycles. The lowest BCUT2D eigenvalue weighted by atomic mass is 9.88. The Morgan fingerprint density at radius 3 is 2.16 bits per heavy atom. The second kappa shape index (κ2) is 17.9. The molecule has 7 nitrogen and oxygen atoms in total. The third kappa shape index (κ3) is 9.44. The molecule has 1 aliphatic heterocycles. The summed E-state index contributed by atoms with van der Waals surface area (Å²) < 4.78 is 47.1. The van der Waals surface area contributed by atoms with Crippen LogP contribution in [-0.4, -0.2) is 73.8 Å². The van der Waals surface area contributed by atoms with Gasteiger partial charge in [-0.05, 0) is 61.9 Å². The molecule has 0 radical (unpaired) electrons. The number of unbranched alkanes of at least 4 members (excludes halogenated alkanes) is 1. The SMILES string of the molecule is CCCCOC(=O)C1(CC(O)CC)CCC(C(=O)OC(F)CCC)N1CO[Si](CCC(C)F)(c1ccccc1)c1ccccc1. The molecule has 250 valence electrons. The molecule has 0 bridgehead atoms. The molecule has 10 heteroatoms. The summed E-state index contributed by atoms with van der Waals surface area (Å²) >= 11 is 0. The second-order valence-electron chi connectivity index (χ2n) is 12.1. The van der Waals surface area contributed by atoms with Crippen LogP contribution in [0.4, 0.5) is 8.78 Å². The minimum atomic E-state index is -3.19. The summed E-state index contributed by atoms with van der Waals surface area (Å²) in [5.41, 5.74) is -1.40. The highest BCUT2D eigenvalue weighted by Crippen LogP contribution is 2.40. The van der Waals surface area contributed by atoms with E-state index in [-0.39, 0.29) is 45.4 Å². The maximum atomic E-state index is 14.6. The molecule has 2 aromatic rings. The van der Waals surface area contributed by atoms with Gasteiger partial charge in [-0.3, -0.25) is 14.5 Å². The van der Waals surface area contributed by atoms with Crippen LogP contribution in [0.1, 0.15) is 85.5 Å². The third-order valence-corrected chi connectivity index (χ3v) is 12.9. The number of aliphatic hydroxyl groups is 1. The first-order chi connectivity index (χ1) is 21.6. The first kappa shape index (κ1) is 36.8. The third-order valence-electron chi connectivity index (χ3n) is 8.77. The van der Waals surface area contributed by atoms with E-state index in [1.54, 1.807) is 11.8 Å². The molecule has 1 aliphatic rings. The van der Waals surface area contributed by atoms with Gasteiger partial charge in [-0.1, -0.05) is 87.9 Å². The van der Waals surface area contributed by atoms with E-state index in [1.165, 1.54) is 6.92 Å². The average Bonchev–Trinajstić information content (AvgIpc) is 3.41. The largest absolute Gasteiger partial charge is 0.464 e. The molecule has 3 rings (SSSR count). The Bertz CT molecular complexity index is 1130. The van der Waals surface area contributed by atoms with Crippen molar-refractivity contribution in [2.75, 3.05) is 13.3 Å². The minimum absolute atomic E-state index is 0.0162. The van der Waals surface area contributed by atoms with Crippen LogP contribution in [0, 0.1) is 0 Å². The topological polar surface area (TPSA) is 85.3 Å². The monoisotopic (exact) mass is 647 g/mol. The van der Waals surface area contributed by atoms with Crippen LogP contribution in [0.3, 0.4) is 0 Å². The zero-order valence-electron chi connectivity index (χ0n) is 27.3. The summed E-state index contributed by atoms with van der Waals surface area (Å²) in [4.78, 5) is 29.1. The number of alkyl halides is 2. The highest BCUT2D eigenvalue weighted by molar-refractivity contribution is 6.97. The van der Waals surface area contributed by atoms with Gasteiger partial charge in [-0.2, -0.15) is 0 Å². The molecule has 1 heterocycles. The van der Waals surface area contributed by atoms with E-state index >= 15 is 0 Å². The number of aliphatic hydroxyl groups excluding tert-OH is 1. The lowest BCUT2D eigenvalue weighted by Crippen LogP contribution is -2.64. The molecule has 5 atom stereocenters. The van der Waals surface area contributed by atoms with Gasteiger partial charge < -0.3 is 19.0 Å². The van der Waals surface area contributed by atoms with E-state index in [2.05, 4.69) is 0 Å². The van der Waals surface area contributed by atoms with Gasteiger partial charge in [0.25, 0.3) is 8.32 Å². The molecule has 0 amide bonds.